The molecule has 142 valence electrons. The van der Waals surface area contributed by atoms with Crippen molar-refractivity contribution in [3.8, 4) is 11.5 Å². The highest BCUT2D eigenvalue weighted by atomic mass is 32.2. The summed E-state index contributed by atoms with van der Waals surface area (Å²) >= 11 is 0. The molecule has 0 atom stereocenters. The van der Waals surface area contributed by atoms with E-state index in [1.807, 2.05) is 0 Å². The Kier molecular flexibility index (Phi) is 4.06. The summed E-state index contributed by atoms with van der Waals surface area (Å²) in [5, 5.41) is 8.09. The van der Waals surface area contributed by atoms with Gasteiger partial charge < -0.3 is 9.40 Å². The first-order valence-electron chi connectivity index (χ1n) is 8.58. The largest absolute Gasteiger partial charge is 0.420 e. The second-order valence-electron chi connectivity index (χ2n) is 6.86. The van der Waals surface area contributed by atoms with E-state index in [-0.39, 0.29) is 22.4 Å². The van der Waals surface area contributed by atoms with Crippen LogP contribution in [0.2, 0.25) is 0 Å². The van der Waals surface area contributed by atoms with Gasteiger partial charge in [-0.1, -0.05) is 6.07 Å². The van der Waals surface area contributed by atoms with Gasteiger partial charge in [0.05, 0.1) is 11.3 Å². The lowest BCUT2D eigenvalue weighted by atomic mass is 10.2. The van der Waals surface area contributed by atoms with E-state index in [9.17, 15) is 12.8 Å². The maximum Gasteiger partial charge on any atom is 0.264 e. The van der Waals surface area contributed by atoms with Crippen LogP contribution in [0, 0.1) is 26.6 Å². The zero-order valence-corrected chi connectivity index (χ0v) is 15.9. The third-order valence-electron chi connectivity index (χ3n) is 4.61. The molecule has 1 aliphatic rings. The van der Waals surface area contributed by atoms with Gasteiger partial charge in [-0.05, 0) is 51.3 Å². The average molecular weight is 390 g/mol. The van der Waals surface area contributed by atoms with Crippen LogP contribution in [0.1, 0.15) is 41.6 Å². The molecule has 27 heavy (non-hydrogen) atoms. The molecule has 9 heteroatoms. The molecule has 0 unspecified atom stereocenters. The monoisotopic (exact) mass is 390 g/mol. The minimum Gasteiger partial charge on any atom is -0.420 e. The van der Waals surface area contributed by atoms with Gasteiger partial charge in [0.25, 0.3) is 15.9 Å². The van der Waals surface area contributed by atoms with Gasteiger partial charge in [0.1, 0.15) is 10.7 Å². The number of aryl methyl sites for hydroxylation is 3. The van der Waals surface area contributed by atoms with Gasteiger partial charge in [-0.2, -0.15) is 0 Å². The molecule has 4 rings (SSSR count). The van der Waals surface area contributed by atoms with Crippen molar-refractivity contribution in [1.29, 1.82) is 0 Å². The van der Waals surface area contributed by atoms with Crippen LogP contribution in [-0.2, 0) is 10.0 Å². The summed E-state index contributed by atoms with van der Waals surface area (Å²) in [6.07, 6.45) is 2.00. The summed E-state index contributed by atoms with van der Waals surface area (Å²) < 4.78 is 48.0. The topological polar surface area (TPSA) is 101 Å². The fourth-order valence-corrected chi connectivity index (χ4v) is 4.66. The van der Waals surface area contributed by atoms with E-state index >= 15 is 0 Å². The van der Waals surface area contributed by atoms with Crippen molar-refractivity contribution < 1.29 is 17.2 Å². The number of anilines is 1. The quantitative estimate of drug-likeness (QED) is 0.690. The Morgan fingerprint density at radius 2 is 1.93 bits per heavy atom. The molecule has 0 bridgehead atoms. The highest BCUT2D eigenvalue weighted by Crippen LogP contribution is 2.41. The second-order valence-corrected chi connectivity index (χ2v) is 8.48. The molecule has 1 saturated carbocycles. The maximum absolute atomic E-state index is 13.6. The van der Waals surface area contributed by atoms with Crippen LogP contribution < -0.4 is 4.72 Å². The summed E-state index contributed by atoms with van der Waals surface area (Å²) in [6, 6.07) is 3.95. The number of nitrogens with one attached hydrogen (secondary N) is 2. The van der Waals surface area contributed by atoms with Crippen LogP contribution >= 0.6 is 0 Å². The zero-order valence-electron chi connectivity index (χ0n) is 15.1. The van der Waals surface area contributed by atoms with Gasteiger partial charge in [0.15, 0.2) is 0 Å². The molecule has 2 heterocycles. The SMILES string of the molecule is Cc1ccc(F)cc1NS(=O)(=O)c1c(C)[nH]c(C)c1-c1nnc(C2CC2)o1. The number of hydrogen-bond donors (Lipinski definition) is 2. The fraction of sp³-hybridized carbons (Fsp3) is 0.333. The lowest BCUT2D eigenvalue weighted by Crippen LogP contribution is -2.15. The summed E-state index contributed by atoms with van der Waals surface area (Å²) in [6.45, 7) is 5.10. The Bertz CT molecular complexity index is 1130. The van der Waals surface area contributed by atoms with E-state index in [4.69, 9.17) is 4.42 Å². The standard InChI is InChI=1S/C18H19FN4O3S/c1-9-4-7-13(19)8-14(9)23-27(24,25)16-11(3)20-10(2)15(16)18-22-21-17(26-18)12-5-6-12/h4,7-8,12,20,23H,5-6H2,1-3H3. The first-order chi connectivity index (χ1) is 12.8. The first kappa shape index (κ1) is 17.7. The first-order valence-corrected chi connectivity index (χ1v) is 10.1. The minimum absolute atomic E-state index is 0.0228. The van der Waals surface area contributed by atoms with Crippen LogP contribution in [0.4, 0.5) is 10.1 Å². The van der Waals surface area contributed by atoms with Gasteiger partial charge >= 0.3 is 0 Å². The molecule has 2 aromatic heterocycles. The third kappa shape index (κ3) is 3.23. The van der Waals surface area contributed by atoms with Gasteiger partial charge in [-0.25, -0.2) is 12.8 Å². The smallest absolute Gasteiger partial charge is 0.264 e. The third-order valence-corrected chi connectivity index (χ3v) is 6.15. The van der Waals surface area contributed by atoms with Crippen molar-refractivity contribution in [2.45, 2.75) is 44.4 Å². The Morgan fingerprint density at radius 3 is 2.63 bits per heavy atom. The van der Waals surface area contributed by atoms with E-state index in [0.29, 0.717) is 28.4 Å². The Labute approximate surface area is 156 Å². The number of nitrogens with zero attached hydrogens (tertiary/aromatic N) is 2. The Balaban J connectivity index is 1.79. The number of H-pyrrole nitrogens is 1. The number of aromatic nitrogens is 3. The van der Waals surface area contributed by atoms with Crippen molar-refractivity contribution in [2.24, 2.45) is 0 Å². The molecule has 0 spiro atoms. The lowest BCUT2D eigenvalue weighted by Gasteiger charge is -2.11. The molecule has 1 fully saturated rings. The van der Waals surface area contributed by atoms with E-state index in [1.165, 1.54) is 12.1 Å². The van der Waals surface area contributed by atoms with Crippen molar-refractivity contribution in [2.75, 3.05) is 4.72 Å². The molecule has 2 N–H and O–H groups in total. The zero-order chi connectivity index (χ0) is 19.3. The molecule has 0 aliphatic heterocycles. The summed E-state index contributed by atoms with van der Waals surface area (Å²) in [5.74, 6) is 0.432. The Hall–Kier alpha value is -2.68. The number of aromatic amines is 1. The van der Waals surface area contributed by atoms with Crippen molar-refractivity contribution in [3.63, 3.8) is 0 Å². The second kappa shape index (κ2) is 6.19. The molecule has 1 aliphatic carbocycles. The van der Waals surface area contributed by atoms with E-state index in [2.05, 4.69) is 19.9 Å². The molecule has 3 aromatic rings. The fourth-order valence-electron chi connectivity index (χ4n) is 3.08. The van der Waals surface area contributed by atoms with Crippen molar-refractivity contribution in [3.05, 3.63) is 46.9 Å². The number of rotatable bonds is 5. The molecule has 1 aromatic carbocycles. The maximum atomic E-state index is 13.6. The normalized spacial score (nSPS) is 14.5. The highest BCUT2D eigenvalue weighted by molar-refractivity contribution is 7.93. The van der Waals surface area contributed by atoms with Gasteiger partial charge in [-0.15, -0.1) is 10.2 Å². The molecule has 7 nitrogen and oxygen atoms in total. The van der Waals surface area contributed by atoms with Crippen LogP contribution in [0.25, 0.3) is 11.5 Å². The number of sulfonamides is 1. The molecular formula is C18H19FN4O3S. The Morgan fingerprint density at radius 1 is 1.19 bits per heavy atom. The van der Waals surface area contributed by atoms with Gasteiger partial charge in [0, 0.05) is 17.3 Å². The highest BCUT2D eigenvalue weighted by Gasteiger charge is 2.33. The van der Waals surface area contributed by atoms with Crippen LogP contribution in [-0.4, -0.2) is 23.6 Å². The number of halogens is 1. The average Bonchev–Trinajstić information content (AvgIpc) is 3.24. The van der Waals surface area contributed by atoms with Crippen molar-refractivity contribution in [1.82, 2.24) is 15.2 Å². The van der Waals surface area contributed by atoms with Gasteiger partial charge in [0.2, 0.25) is 5.89 Å². The van der Waals surface area contributed by atoms with E-state index < -0.39 is 15.8 Å². The van der Waals surface area contributed by atoms with Crippen LogP contribution in [0.3, 0.4) is 0 Å². The summed E-state index contributed by atoms with van der Waals surface area (Å²) in [7, 11) is -4.01. The van der Waals surface area contributed by atoms with Gasteiger partial charge in [-0.3, -0.25) is 4.72 Å². The van der Waals surface area contributed by atoms with Crippen LogP contribution in [0.15, 0.2) is 27.5 Å². The molecular weight excluding hydrogens is 371 g/mol. The molecule has 0 saturated heterocycles. The minimum atomic E-state index is -4.01. The predicted molar refractivity (Wildman–Crippen MR) is 97.5 cm³/mol. The number of benzene rings is 1. The predicted octanol–water partition coefficient (Wildman–Crippen LogP) is 3.81. The molecule has 0 radical (unpaired) electrons. The summed E-state index contributed by atoms with van der Waals surface area (Å²) in [4.78, 5) is 3.05. The van der Waals surface area contributed by atoms with E-state index in [1.54, 1.807) is 20.8 Å². The number of hydrogen-bond acceptors (Lipinski definition) is 5. The van der Waals surface area contributed by atoms with Crippen molar-refractivity contribution >= 4 is 15.7 Å². The summed E-state index contributed by atoms with van der Waals surface area (Å²) in [5.41, 5.74) is 2.18. The molecule has 0 amide bonds. The van der Waals surface area contributed by atoms with Crippen LogP contribution in [0.5, 0.6) is 0 Å². The van der Waals surface area contributed by atoms with E-state index in [0.717, 1.165) is 18.9 Å². The lowest BCUT2D eigenvalue weighted by molar-refractivity contribution is 0.507.